The minimum Gasteiger partial charge on any atom is -0.375 e. The molecule has 0 aromatic carbocycles. The number of nitrogens with one attached hydrogen (secondary N) is 2. The Morgan fingerprint density at radius 3 is 2.54 bits per heavy atom. The van der Waals surface area contributed by atoms with Crippen molar-refractivity contribution >= 4 is 17.6 Å². The molecule has 16 heteroatoms. The number of nitrogens with zero attached hydrogens (tertiary/aromatic N) is 6. The Labute approximate surface area is 273 Å². The molecule has 7 rings (SSSR count). The normalized spacial score (nSPS) is 28.4. The minimum absolute atomic E-state index is 0.0320. The van der Waals surface area contributed by atoms with Crippen LogP contribution in [0.4, 0.5) is 22.0 Å². The van der Waals surface area contributed by atoms with Crippen LogP contribution in [0.3, 0.4) is 0 Å². The highest BCUT2D eigenvalue weighted by Crippen LogP contribution is 2.43. The van der Waals surface area contributed by atoms with Gasteiger partial charge in [-0.1, -0.05) is 0 Å². The number of hydrogen-bond donors (Lipinski definition) is 2. The quantitative estimate of drug-likeness (QED) is 0.324. The lowest BCUT2D eigenvalue weighted by Crippen LogP contribution is -2.47. The molecule has 0 spiro atoms. The van der Waals surface area contributed by atoms with E-state index in [1.807, 2.05) is 6.92 Å². The van der Waals surface area contributed by atoms with Gasteiger partial charge in [-0.15, -0.1) is 0 Å². The summed E-state index contributed by atoms with van der Waals surface area (Å²) in [6.45, 7) is 1.85. The van der Waals surface area contributed by atoms with Gasteiger partial charge in [0, 0.05) is 50.4 Å². The molecule has 6 heterocycles. The molecule has 3 aromatic heterocycles. The molecular weight excluding hydrogens is 639 g/mol. The smallest absolute Gasteiger partial charge is 0.375 e. The Morgan fingerprint density at radius 1 is 1.12 bits per heavy atom. The Balaban J connectivity index is 1.25. The van der Waals surface area contributed by atoms with Crippen molar-refractivity contribution in [2.24, 2.45) is 17.8 Å². The zero-order valence-corrected chi connectivity index (χ0v) is 26.6. The maximum Gasteiger partial charge on any atom is 0.393 e. The van der Waals surface area contributed by atoms with Crippen molar-refractivity contribution in [3.8, 4) is 0 Å². The van der Waals surface area contributed by atoms with Gasteiger partial charge in [0.1, 0.15) is 5.69 Å². The summed E-state index contributed by atoms with van der Waals surface area (Å²) in [7, 11) is 0. The van der Waals surface area contributed by atoms with Crippen LogP contribution in [0.5, 0.6) is 0 Å². The number of hydrogen-bond acceptors (Lipinski definition) is 7. The lowest BCUT2D eigenvalue weighted by Gasteiger charge is -2.33. The molecule has 11 nitrogen and oxygen atoms in total. The first-order valence-electron chi connectivity index (χ1n) is 16.8. The minimum atomic E-state index is -4.44. The lowest BCUT2D eigenvalue weighted by atomic mass is 9.81. The number of amides is 2. The standard InChI is InChI=1S/C32H39F5N8O3/c1-2-44-25(7-10-39-44)29(47)41-26(17-5-8-31(33,34)9-6-17)24-16-45-30(40-24)42-27(18-12-21-3-4-22(13-18)48-21)23(43-45)14-19-11-20(32(35,36)37)15-38-28(19)46/h7,10,16-22,26H,2-6,8-9,11-15H2,1H3,(H,38,46)(H,41,47)/t18?,19-,20-,21?,22?,26+/m1/s1. The van der Waals surface area contributed by atoms with Crippen molar-refractivity contribution in [1.82, 2.24) is 40.0 Å². The molecule has 1 saturated carbocycles. The predicted molar refractivity (Wildman–Crippen MR) is 160 cm³/mol. The number of alkyl halides is 5. The third kappa shape index (κ3) is 6.64. The highest BCUT2D eigenvalue weighted by molar-refractivity contribution is 5.92. The van der Waals surface area contributed by atoms with E-state index in [1.54, 1.807) is 16.9 Å². The van der Waals surface area contributed by atoms with E-state index in [4.69, 9.17) is 19.8 Å². The van der Waals surface area contributed by atoms with Crippen molar-refractivity contribution in [1.29, 1.82) is 0 Å². The van der Waals surface area contributed by atoms with E-state index >= 15 is 0 Å². The zero-order valence-electron chi connectivity index (χ0n) is 26.6. The highest BCUT2D eigenvalue weighted by atomic mass is 19.4. The van der Waals surface area contributed by atoms with Crippen LogP contribution in [0, 0.1) is 17.8 Å². The summed E-state index contributed by atoms with van der Waals surface area (Å²) in [5, 5.41) is 14.4. The van der Waals surface area contributed by atoms with Crippen molar-refractivity contribution in [3.63, 3.8) is 0 Å². The van der Waals surface area contributed by atoms with Gasteiger partial charge in [0.15, 0.2) is 0 Å². The van der Waals surface area contributed by atoms with Gasteiger partial charge in [0.2, 0.25) is 11.8 Å². The molecule has 1 aliphatic carbocycles. The Bertz CT molecular complexity index is 1650. The van der Waals surface area contributed by atoms with E-state index in [-0.39, 0.29) is 68.3 Å². The van der Waals surface area contributed by atoms with E-state index in [0.29, 0.717) is 42.2 Å². The molecule has 4 aliphatic rings. The first-order valence-corrected chi connectivity index (χ1v) is 16.8. The second-order valence-electron chi connectivity index (χ2n) is 13.8. The van der Waals surface area contributed by atoms with Gasteiger partial charge >= 0.3 is 6.18 Å². The number of carbonyl (C=O) groups excluding carboxylic acids is 2. The van der Waals surface area contributed by atoms with Gasteiger partial charge in [0.25, 0.3) is 11.7 Å². The number of aromatic nitrogens is 6. The number of rotatable bonds is 8. The van der Waals surface area contributed by atoms with E-state index in [0.717, 1.165) is 12.8 Å². The van der Waals surface area contributed by atoms with Gasteiger partial charge in [0.05, 0.1) is 47.4 Å². The van der Waals surface area contributed by atoms with E-state index in [2.05, 4.69) is 15.7 Å². The Hall–Kier alpha value is -3.69. The number of fused-ring (bicyclic) bond motifs is 3. The van der Waals surface area contributed by atoms with Crippen LogP contribution in [0.25, 0.3) is 5.78 Å². The molecule has 260 valence electrons. The number of piperidine rings is 1. The topological polar surface area (TPSA) is 128 Å². The first kappa shape index (κ1) is 32.8. The third-order valence-electron chi connectivity index (χ3n) is 10.6. The molecule has 2 bridgehead atoms. The number of ether oxygens (including phenoxy) is 1. The molecule has 3 aliphatic heterocycles. The van der Waals surface area contributed by atoms with Crippen LogP contribution < -0.4 is 10.6 Å². The van der Waals surface area contributed by atoms with Crippen LogP contribution >= 0.6 is 0 Å². The summed E-state index contributed by atoms with van der Waals surface area (Å²) in [6.07, 6.45) is 1.24. The fraction of sp³-hybridized carbons (Fsp3) is 0.688. The van der Waals surface area contributed by atoms with Crippen molar-refractivity contribution in [3.05, 3.63) is 41.2 Å². The molecule has 2 N–H and O–H groups in total. The molecule has 0 radical (unpaired) electrons. The van der Waals surface area contributed by atoms with Gasteiger partial charge in [-0.3, -0.25) is 14.3 Å². The van der Waals surface area contributed by atoms with Crippen LogP contribution in [0.1, 0.15) is 104 Å². The average molecular weight is 679 g/mol. The van der Waals surface area contributed by atoms with Crippen LogP contribution in [0.15, 0.2) is 18.5 Å². The monoisotopic (exact) mass is 678 g/mol. The molecular formula is C32H39F5N8O3. The maximum atomic E-state index is 14.2. The number of carbonyl (C=O) groups is 2. The average Bonchev–Trinajstić information content (AvgIpc) is 3.78. The van der Waals surface area contributed by atoms with Crippen LogP contribution in [0.2, 0.25) is 0 Å². The largest absolute Gasteiger partial charge is 0.393 e. The summed E-state index contributed by atoms with van der Waals surface area (Å²) in [4.78, 5) is 36.0. The Morgan fingerprint density at radius 2 is 1.85 bits per heavy atom. The number of aryl methyl sites for hydroxylation is 1. The van der Waals surface area contributed by atoms with E-state index in [9.17, 15) is 31.5 Å². The lowest BCUT2D eigenvalue weighted by molar-refractivity contribution is -0.183. The van der Waals surface area contributed by atoms with Gasteiger partial charge in [-0.2, -0.15) is 23.4 Å². The Kier molecular flexibility index (Phi) is 8.65. The molecule has 3 aromatic rings. The SMILES string of the molecule is CCn1nccc1C(=O)N[C@H](c1cn2nc(C[C@H]3C[C@@H](C(F)(F)F)CNC3=O)c(C3CC4CCC(C3)O4)nc2n1)C1CCC(F)(F)CC1. The summed E-state index contributed by atoms with van der Waals surface area (Å²) < 4.78 is 78.4. The molecule has 3 saturated heterocycles. The molecule has 48 heavy (non-hydrogen) atoms. The fourth-order valence-electron chi connectivity index (χ4n) is 7.97. The zero-order chi connectivity index (χ0) is 33.8. The third-order valence-corrected chi connectivity index (χ3v) is 10.6. The summed E-state index contributed by atoms with van der Waals surface area (Å²) in [5.41, 5.74) is 1.73. The maximum absolute atomic E-state index is 14.2. The van der Waals surface area contributed by atoms with Crippen LogP contribution in [-0.2, 0) is 22.5 Å². The van der Waals surface area contributed by atoms with Gasteiger partial charge in [-0.25, -0.2) is 23.3 Å². The van der Waals surface area contributed by atoms with E-state index < -0.39 is 48.3 Å². The van der Waals surface area contributed by atoms with Crippen molar-refractivity contribution in [2.75, 3.05) is 6.54 Å². The van der Waals surface area contributed by atoms with Gasteiger partial charge < -0.3 is 15.4 Å². The highest BCUT2D eigenvalue weighted by Gasteiger charge is 2.46. The van der Waals surface area contributed by atoms with Crippen molar-refractivity contribution in [2.45, 2.75) is 114 Å². The second-order valence-corrected chi connectivity index (χ2v) is 13.8. The summed E-state index contributed by atoms with van der Waals surface area (Å²) in [6, 6.07) is 0.849. The number of halogens is 5. The fourth-order valence-corrected chi connectivity index (χ4v) is 7.97. The number of imidazole rings is 1. The van der Waals surface area contributed by atoms with Crippen molar-refractivity contribution < 1.29 is 36.3 Å². The summed E-state index contributed by atoms with van der Waals surface area (Å²) in [5.74, 6) is -6.46. The summed E-state index contributed by atoms with van der Waals surface area (Å²) >= 11 is 0. The molecule has 4 fully saturated rings. The molecule has 5 atom stereocenters. The van der Waals surface area contributed by atoms with Gasteiger partial charge in [-0.05, 0) is 63.9 Å². The predicted octanol–water partition coefficient (Wildman–Crippen LogP) is 4.92. The second kappa shape index (κ2) is 12.6. The molecule has 2 amide bonds. The first-order chi connectivity index (χ1) is 22.9. The van der Waals surface area contributed by atoms with Crippen LogP contribution in [-0.4, -0.2) is 72.0 Å². The molecule has 2 unspecified atom stereocenters. The van der Waals surface area contributed by atoms with E-state index in [1.165, 1.54) is 10.7 Å².